The lowest BCUT2D eigenvalue weighted by atomic mass is 10.0. The number of carboxylic acid groups (broad SMARTS) is 1. The number of aromatic carboxylic acids is 1. The second-order valence-corrected chi connectivity index (χ2v) is 9.69. The van der Waals surface area contributed by atoms with Crippen LogP contribution in [0.1, 0.15) is 38.8 Å². The summed E-state index contributed by atoms with van der Waals surface area (Å²) >= 11 is 12.2. The number of carboxylic acids is 1. The van der Waals surface area contributed by atoms with E-state index in [0.29, 0.717) is 21.2 Å². The molecule has 7 nitrogen and oxygen atoms in total. The minimum Gasteiger partial charge on any atom is -0.478 e. The Kier molecular flexibility index (Phi) is 8.61. The number of amides is 1. The van der Waals surface area contributed by atoms with Crippen LogP contribution in [0.25, 0.3) is 10.8 Å². The van der Waals surface area contributed by atoms with E-state index in [1.165, 1.54) is 18.5 Å². The van der Waals surface area contributed by atoms with Gasteiger partial charge in [0.05, 0.1) is 33.6 Å². The average molecular weight is 551 g/mol. The van der Waals surface area contributed by atoms with Crippen molar-refractivity contribution in [2.45, 2.75) is 31.9 Å². The molecule has 2 atom stereocenters. The Hall–Kier alpha value is -3.94. The molecule has 4 aromatic rings. The molecule has 3 aromatic carbocycles. The Morgan fingerprint density at radius 1 is 0.895 bits per heavy atom. The Balaban J connectivity index is 1.52. The molecule has 2 N–H and O–H groups in total. The van der Waals surface area contributed by atoms with Gasteiger partial charge in [-0.25, -0.2) is 9.59 Å². The van der Waals surface area contributed by atoms with Crippen molar-refractivity contribution in [3.8, 4) is 0 Å². The van der Waals surface area contributed by atoms with Gasteiger partial charge in [0, 0.05) is 18.8 Å². The van der Waals surface area contributed by atoms with Gasteiger partial charge >= 0.3 is 11.9 Å². The summed E-state index contributed by atoms with van der Waals surface area (Å²) in [5.74, 6) is -2.03. The summed E-state index contributed by atoms with van der Waals surface area (Å²) in [4.78, 5) is 41.0. The fourth-order valence-electron chi connectivity index (χ4n) is 4.03. The molecule has 0 fully saturated rings. The molecular weight excluding hydrogens is 527 g/mol. The maximum Gasteiger partial charge on any atom is 0.338 e. The number of halogens is 2. The van der Waals surface area contributed by atoms with Gasteiger partial charge in [-0.2, -0.15) is 0 Å². The lowest BCUT2D eigenvalue weighted by Crippen LogP contribution is -2.45. The number of benzene rings is 3. The van der Waals surface area contributed by atoms with Crippen molar-refractivity contribution in [2.24, 2.45) is 0 Å². The smallest absolute Gasteiger partial charge is 0.338 e. The number of hydrogen-bond acceptors (Lipinski definition) is 5. The van der Waals surface area contributed by atoms with Crippen molar-refractivity contribution in [2.75, 3.05) is 0 Å². The minimum absolute atomic E-state index is 0.00911. The van der Waals surface area contributed by atoms with E-state index >= 15 is 0 Å². The van der Waals surface area contributed by atoms with E-state index in [1.54, 1.807) is 37.3 Å². The monoisotopic (exact) mass is 550 g/mol. The number of pyridine rings is 1. The fraction of sp³-hybridized carbons (Fsp3) is 0.172. The van der Waals surface area contributed by atoms with Crippen LogP contribution in [0, 0.1) is 0 Å². The van der Waals surface area contributed by atoms with Crippen LogP contribution < -0.4 is 5.32 Å². The molecule has 0 saturated carbocycles. The third-order valence-electron chi connectivity index (χ3n) is 6.02. The van der Waals surface area contributed by atoms with Gasteiger partial charge in [0.15, 0.2) is 0 Å². The van der Waals surface area contributed by atoms with Crippen LogP contribution in [0.15, 0.2) is 79.1 Å². The highest BCUT2D eigenvalue weighted by Gasteiger charge is 2.25. The number of hydrogen-bond donors (Lipinski definition) is 2. The molecule has 4 rings (SSSR count). The summed E-state index contributed by atoms with van der Waals surface area (Å²) in [5.41, 5.74) is 1.60. The van der Waals surface area contributed by atoms with E-state index in [0.717, 1.165) is 16.3 Å². The molecule has 0 spiro atoms. The van der Waals surface area contributed by atoms with Crippen LogP contribution in [-0.4, -0.2) is 40.1 Å². The topological polar surface area (TPSA) is 106 Å². The van der Waals surface area contributed by atoms with Crippen LogP contribution in [0.3, 0.4) is 0 Å². The summed E-state index contributed by atoms with van der Waals surface area (Å²) in [7, 11) is 0. The van der Waals surface area contributed by atoms with Crippen molar-refractivity contribution in [3.05, 3.63) is 111 Å². The van der Waals surface area contributed by atoms with Gasteiger partial charge in [-0.1, -0.05) is 59.6 Å². The zero-order valence-corrected chi connectivity index (χ0v) is 21.9. The summed E-state index contributed by atoms with van der Waals surface area (Å²) in [5, 5.41) is 14.7. The Bertz CT molecular complexity index is 1510. The molecule has 0 unspecified atom stereocenters. The molecule has 0 aliphatic heterocycles. The average Bonchev–Trinajstić information content (AvgIpc) is 2.90. The number of nitrogens with one attached hydrogen (secondary N) is 1. The minimum atomic E-state index is -1.13. The van der Waals surface area contributed by atoms with Crippen LogP contribution in [0.5, 0.6) is 0 Å². The normalized spacial score (nSPS) is 12.5. The van der Waals surface area contributed by atoms with Crippen molar-refractivity contribution in [1.29, 1.82) is 0 Å². The molecule has 0 aliphatic carbocycles. The van der Waals surface area contributed by atoms with Crippen LogP contribution in [0.2, 0.25) is 10.0 Å². The van der Waals surface area contributed by atoms with Crippen LogP contribution >= 0.6 is 23.2 Å². The molecule has 0 radical (unpaired) electrons. The molecule has 0 saturated heterocycles. The SMILES string of the molecule is C[C@H](NC(=O)Cc1cncc(C(=O)O)c1)[C@@H](Cc1ccc(Cl)c(Cl)c1)OC(=O)c1ccc2ccccc2c1. The second kappa shape index (κ2) is 12.1. The van der Waals surface area contributed by atoms with Gasteiger partial charge in [0.25, 0.3) is 0 Å². The number of esters is 1. The molecule has 1 aromatic heterocycles. The standard InChI is InChI=1S/C29H24Cl2N2O5/c1-17(33-27(34)13-19-10-23(28(35)36)16-32-15-19)26(12-18-6-9-24(30)25(31)11-18)38-29(37)22-8-7-20-4-2-3-5-21(20)14-22/h2-11,14-17,26H,12-13H2,1H3,(H,33,34)(H,35,36)/t17-,26+/m0/s1. The molecule has 0 aliphatic rings. The van der Waals surface area contributed by atoms with Crippen LogP contribution in [-0.2, 0) is 22.4 Å². The lowest BCUT2D eigenvalue weighted by Gasteiger charge is -2.25. The van der Waals surface area contributed by atoms with Crippen molar-refractivity contribution in [1.82, 2.24) is 10.3 Å². The number of nitrogens with zero attached hydrogens (tertiary/aromatic N) is 1. The highest BCUT2D eigenvalue weighted by Crippen LogP contribution is 2.24. The van der Waals surface area contributed by atoms with E-state index in [1.807, 2.05) is 30.3 Å². The first-order valence-electron chi connectivity index (χ1n) is 11.8. The number of rotatable bonds is 9. The third kappa shape index (κ3) is 6.88. The maximum atomic E-state index is 13.1. The summed E-state index contributed by atoms with van der Waals surface area (Å²) < 4.78 is 5.90. The van der Waals surface area contributed by atoms with Gasteiger partial charge in [-0.15, -0.1) is 0 Å². The largest absolute Gasteiger partial charge is 0.478 e. The molecule has 1 heterocycles. The summed E-state index contributed by atoms with van der Waals surface area (Å²) in [6, 6.07) is 18.9. The van der Waals surface area contributed by atoms with Crippen molar-refractivity contribution in [3.63, 3.8) is 0 Å². The first kappa shape index (κ1) is 27.1. The first-order chi connectivity index (χ1) is 18.2. The summed E-state index contributed by atoms with van der Waals surface area (Å²) in [6.07, 6.45) is 2.10. The number of aromatic nitrogens is 1. The quantitative estimate of drug-likeness (QED) is 0.257. The van der Waals surface area contributed by atoms with E-state index < -0.39 is 24.1 Å². The number of carbonyl (C=O) groups is 3. The molecule has 0 bridgehead atoms. The zero-order valence-electron chi connectivity index (χ0n) is 20.4. The van der Waals surface area contributed by atoms with Gasteiger partial charge in [0.1, 0.15) is 6.10 Å². The molecular formula is C29H24Cl2N2O5. The highest BCUT2D eigenvalue weighted by molar-refractivity contribution is 6.42. The van der Waals surface area contributed by atoms with Gasteiger partial charge in [-0.3, -0.25) is 9.78 Å². The van der Waals surface area contributed by atoms with Crippen molar-refractivity contribution >= 4 is 51.8 Å². The molecule has 38 heavy (non-hydrogen) atoms. The maximum absolute atomic E-state index is 13.1. The second-order valence-electron chi connectivity index (χ2n) is 8.88. The number of carbonyl (C=O) groups excluding carboxylic acids is 2. The first-order valence-corrected chi connectivity index (χ1v) is 12.6. The fourth-order valence-corrected chi connectivity index (χ4v) is 4.35. The zero-order chi connectivity index (χ0) is 27.2. The van der Waals surface area contributed by atoms with Crippen LogP contribution in [0.4, 0.5) is 0 Å². The third-order valence-corrected chi connectivity index (χ3v) is 6.76. The molecule has 1 amide bonds. The number of fused-ring (bicyclic) bond motifs is 1. The Morgan fingerprint density at radius 3 is 2.39 bits per heavy atom. The summed E-state index contributed by atoms with van der Waals surface area (Å²) in [6.45, 7) is 1.74. The molecule has 194 valence electrons. The molecule has 9 heteroatoms. The predicted octanol–water partition coefficient (Wildman–Crippen LogP) is 5.76. The Labute approximate surface area is 229 Å². The van der Waals surface area contributed by atoms with E-state index in [-0.39, 0.29) is 24.3 Å². The van der Waals surface area contributed by atoms with Crippen molar-refractivity contribution < 1.29 is 24.2 Å². The number of ether oxygens (including phenoxy) is 1. The highest BCUT2D eigenvalue weighted by atomic mass is 35.5. The van der Waals surface area contributed by atoms with Gasteiger partial charge in [0.2, 0.25) is 5.91 Å². The van der Waals surface area contributed by atoms with Gasteiger partial charge < -0.3 is 15.2 Å². The predicted molar refractivity (Wildman–Crippen MR) is 146 cm³/mol. The van der Waals surface area contributed by atoms with E-state index in [4.69, 9.17) is 33.0 Å². The Morgan fingerprint density at radius 2 is 1.66 bits per heavy atom. The van der Waals surface area contributed by atoms with E-state index in [2.05, 4.69) is 10.3 Å². The van der Waals surface area contributed by atoms with E-state index in [9.17, 15) is 14.4 Å². The van der Waals surface area contributed by atoms with Gasteiger partial charge in [-0.05, 0) is 59.2 Å². The lowest BCUT2D eigenvalue weighted by molar-refractivity contribution is -0.121.